The number of thiophene rings is 2. The van der Waals surface area contributed by atoms with Crippen molar-refractivity contribution in [2.75, 3.05) is 9.80 Å². The Labute approximate surface area is 250 Å². The van der Waals surface area contributed by atoms with Crippen LogP contribution in [0.15, 0.2) is 12.2 Å². The summed E-state index contributed by atoms with van der Waals surface area (Å²) in [4.78, 5) is 60.9. The highest BCUT2D eigenvalue weighted by Gasteiger charge is 2.75. The van der Waals surface area contributed by atoms with Crippen LogP contribution in [0.25, 0.3) is 0 Å². The summed E-state index contributed by atoms with van der Waals surface area (Å²) < 4.78 is 0. The van der Waals surface area contributed by atoms with E-state index in [-0.39, 0.29) is 47.3 Å². The number of allylic oxidation sites excluding steroid dienone is 2. The Bertz CT molecular complexity index is 1730. The van der Waals surface area contributed by atoms with E-state index in [1.54, 1.807) is 0 Å². The third-order valence-corrected chi connectivity index (χ3v) is 13.8. The number of hydrogen-bond donors (Lipinski definition) is 0. The first-order valence-corrected chi connectivity index (χ1v) is 16.6. The van der Waals surface area contributed by atoms with Crippen molar-refractivity contribution in [2.45, 2.75) is 51.4 Å². The molecule has 0 aromatic carbocycles. The number of aryl methyl sites for hydroxylation is 2. The van der Waals surface area contributed by atoms with Crippen LogP contribution in [0.4, 0.5) is 10.0 Å². The van der Waals surface area contributed by atoms with Crippen LogP contribution in [0.2, 0.25) is 0 Å². The number of carbonyl (C=O) groups is 4. The van der Waals surface area contributed by atoms with E-state index in [1.807, 2.05) is 12.2 Å². The third kappa shape index (κ3) is 2.81. The molecule has 4 fully saturated rings. The molecule has 2 aromatic rings. The van der Waals surface area contributed by atoms with Crippen molar-refractivity contribution in [2.24, 2.45) is 47.3 Å². The summed E-state index contributed by atoms with van der Waals surface area (Å²) in [6.45, 7) is 0. The zero-order chi connectivity index (χ0) is 28.6. The maximum Gasteiger partial charge on any atom is 0.239 e. The molecule has 0 unspecified atom stereocenters. The fourth-order valence-electron chi connectivity index (χ4n) is 9.65. The average Bonchev–Trinajstić information content (AvgIpc) is 3.67. The van der Waals surface area contributed by atoms with Crippen molar-refractivity contribution >= 4 is 56.3 Å². The number of nitrogens with zero attached hydrogens (tertiary/aromatic N) is 4. The highest BCUT2D eigenvalue weighted by Crippen LogP contribution is 2.69. The van der Waals surface area contributed by atoms with Crippen LogP contribution in [0.3, 0.4) is 0 Å². The van der Waals surface area contributed by atoms with E-state index in [1.165, 1.54) is 32.5 Å². The molecule has 8 aliphatic rings. The third-order valence-electron chi connectivity index (χ3n) is 11.3. The van der Waals surface area contributed by atoms with Gasteiger partial charge >= 0.3 is 0 Å². The van der Waals surface area contributed by atoms with E-state index < -0.39 is 23.7 Å². The second kappa shape index (κ2) is 8.49. The van der Waals surface area contributed by atoms with Gasteiger partial charge in [-0.15, -0.1) is 22.7 Å². The monoisotopic (exact) mass is 594 g/mol. The van der Waals surface area contributed by atoms with Crippen LogP contribution in [-0.2, 0) is 44.9 Å². The van der Waals surface area contributed by atoms with Gasteiger partial charge in [0.25, 0.3) is 0 Å². The summed E-state index contributed by atoms with van der Waals surface area (Å²) in [5.41, 5.74) is 2.90. The first-order chi connectivity index (χ1) is 20.5. The van der Waals surface area contributed by atoms with Gasteiger partial charge in [0, 0.05) is 9.75 Å². The molecule has 2 aliphatic heterocycles. The zero-order valence-corrected chi connectivity index (χ0v) is 24.3. The molecule has 0 spiro atoms. The zero-order valence-electron chi connectivity index (χ0n) is 22.7. The lowest BCUT2D eigenvalue weighted by atomic mass is 9.40. The lowest BCUT2D eigenvalue weighted by molar-refractivity contribution is -0.166. The van der Waals surface area contributed by atoms with Crippen LogP contribution in [0, 0.1) is 70.0 Å². The van der Waals surface area contributed by atoms with Crippen LogP contribution in [0.1, 0.15) is 57.7 Å². The Balaban J connectivity index is 1.08. The van der Waals surface area contributed by atoms with Gasteiger partial charge in [0.1, 0.15) is 22.1 Å². The van der Waals surface area contributed by atoms with Crippen molar-refractivity contribution in [3.05, 3.63) is 44.2 Å². The second-order valence-corrected chi connectivity index (χ2v) is 15.0. The van der Waals surface area contributed by atoms with E-state index in [9.17, 15) is 29.7 Å². The summed E-state index contributed by atoms with van der Waals surface area (Å²) in [7, 11) is 0. The first kappa shape index (κ1) is 24.9. The van der Waals surface area contributed by atoms with Gasteiger partial charge in [-0.1, -0.05) is 12.2 Å². The van der Waals surface area contributed by atoms with Crippen molar-refractivity contribution < 1.29 is 19.2 Å². The minimum absolute atomic E-state index is 0.184. The molecule has 8 nitrogen and oxygen atoms in total. The molecule has 10 heteroatoms. The van der Waals surface area contributed by atoms with Gasteiger partial charge in [0.2, 0.25) is 23.6 Å². The minimum atomic E-state index is -0.582. The highest BCUT2D eigenvalue weighted by atomic mass is 32.1. The number of imide groups is 2. The predicted octanol–water partition coefficient (Wildman–Crippen LogP) is 4.28. The number of carbonyl (C=O) groups excluding carboxylic acids is 4. The van der Waals surface area contributed by atoms with Crippen molar-refractivity contribution in [1.29, 1.82) is 10.5 Å². The molecule has 10 rings (SSSR count). The molecule has 4 heterocycles. The van der Waals surface area contributed by atoms with Crippen LogP contribution in [0.5, 0.6) is 0 Å². The molecule has 0 radical (unpaired) electrons. The topological polar surface area (TPSA) is 122 Å². The number of amides is 4. The quantitative estimate of drug-likeness (QED) is 0.378. The maximum absolute atomic E-state index is 14.1. The standard InChI is InChI=1S/C32H26N4O4S2/c33-11-17-13-5-1-3-7-19(13)41-31(17)35-27(37)23-15-9-10-16(24(23)28(35)38)22-21(15)25-26(22)30(40)36(29(25)39)32-18(12-34)14-6-2-4-8-20(14)42-32/h9-10,15-16,21-26H,1-8H2/t15-,16+,21-,22-,23+,24+,25-,26-/m1/s1. The molecular weight excluding hydrogens is 569 g/mol. The SMILES string of the molecule is N#Cc1c(N2C(=O)[C@H]3[C@H]4C=C[C@@H]([C@@H]3C2=O)[C@H]2[C@H]3C(=O)N(c5sc6c(c5C#N)CCCC6)C(=O)[C@@H]3[C@H]42)sc2c1CCCC2. The molecular formula is C32H26N4O4S2. The summed E-state index contributed by atoms with van der Waals surface area (Å²) in [6, 6.07) is 4.59. The van der Waals surface area contributed by atoms with Gasteiger partial charge in [0.05, 0.1) is 34.8 Å². The summed E-state index contributed by atoms with van der Waals surface area (Å²) in [6.07, 6.45) is 11.4. The van der Waals surface area contributed by atoms with Gasteiger partial charge in [-0.2, -0.15) is 10.5 Å². The molecule has 210 valence electrons. The molecule has 2 saturated heterocycles. The van der Waals surface area contributed by atoms with E-state index in [4.69, 9.17) is 0 Å². The lowest BCUT2D eigenvalue weighted by Gasteiger charge is -2.60. The Hall–Kier alpha value is -3.60. The predicted molar refractivity (Wildman–Crippen MR) is 153 cm³/mol. The minimum Gasteiger partial charge on any atom is -0.274 e. The molecule has 0 N–H and O–H groups in total. The van der Waals surface area contributed by atoms with Gasteiger partial charge in [-0.3, -0.25) is 19.2 Å². The summed E-state index contributed by atoms with van der Waals surface area (Å²) in [5, 5.41) is 21.0. The molecule has 6 aliphatic carbocycles. The van der Waals surface area contributed by atoms with Crippen LogP contribution < -0.4 is 9.80 Å². The van der Waals surface area contributed by atoms with Gasteiger partial charge in [-0.05, 0) is 86.2 Å². The van der Waals surface area contributed by atoms with Gasteiger partial charge in [-0.25, -0.2) is 9.80 Å². The normalized spacial score (nSPS) is 35.3. The molecule has 2 saturated carbocycles. The first-order valence-electron chi connectivity index (χ1n) is 15.0. The Morgan fingerprint density at radius 2 is 0.976 bits per heavy atom. The van der Waals surface area contributed by atoms with Crippen molar-refractivity contribution in [3.8, 4) is 12.1 Å². The number of hydrogen-bond acceptors (Lipinski definition) is 8. The average molecular weight is 595 g/mol. The Morgan fingerprint density at radius 3 is 1.38 bits per heavy atom. The van der Waals surface area contributed by atoms with E-state index >= 15 is 0 Å². The molecule has 4 amide bonds. The smallest absolute Gasteiger partial charge is 0.239 e. The molecule has 2 bridgehead atoms. The van der Waals surface area contributed by atoms with Gasteiger partial charge in [0.15, 0.2) is 0 Å². The fourth-order valence-corrected chi connectivity index (χ4v) is 12.3. The number of anilines is 2. The summed E-state index contributed by atoms with van der Waals surface area (Å²) >= 11 is 2.82. The number of nitriles is 2. The lowest BCUT2D eigenvalue weighted by Crippen LogP contribution is -2.63. The van der Waals surface area contributed by atoms with E-state index in [0.29, 0.717) is 21.1 Å². The number of fused-ring (bicyclic) bond motifs is 3. The van der Waals surface area contributed by atoms with Crippen LogP contribution >= 0.6 is 22.7 Å². The molecule has 8 atom stereocenters. The van der Waals surface area contributed by atoms with E-state index in [0.717, 1.165) is 72.2 Å². The largest absolute Gasteiger partial charge is 0.274 e. The maximum atomic E-state index is 14.1. The fraction of sp³-hybridized carbons (Fsp3) is 0.500. The second-order valence-electron chi connectivity index (χ2n) is 12.8. The Morgan fingerprint density at radius 1 is 0.595 bits per heavy atom. The van der Waals surface area contributed by atoms with Crippen LogP contribution in [-0.4, -0.2) is 23.6 Å². The molecule has 2 aromatic heterocycles. The van der Waals surface area contributed by atoms with Crippen molar-refractivity contribution in [3.63, 3.8) is 0 Å². The van der Waals surface area contributed by atoms with Crippen molar-refractivity contribution in [1.82, 2.24) is 0 Å². The Kier molecular flexibility index (Phi) is 5.04. The number of rotatable bonds is 2. The summed E-state index contributed by atoms with van der Waals surface area (Å²) in [5.74, 6) is -4.28. The molecule has 42 heavy (non-hydrogen) atoms. The van der Waals surface area contributed by atoms with E-state index in [2.05, 4.69) is 12.1 Å². The highest BCUT2D eigenvalue weighted by molar-refractivity contribution is 7.17. The van der Waals surface area contributed by atoms with Gasteiger partial charge < -0.3 is 0 Å².